The Kier molecular flexibility index (Phi) is 5.04. The molecular weight excluding hydrogens is 376 g/mol. The fourth-order valence-corrected chi connectivity index (χ4v) is 3.22. The second kappa shape index (κ2) is 7.78. The zero-order chi connectivity index (χ0) is 19.5. The van der Waals surface area contributed by atoms with Crippen molar-refractivity contribution in [1.29, 1.82) is 0 Å². The summed E-state index contributed by atoms with van der Waals surface area (Å²) in [7, 11) is 3.26. The molecule has 0 bridgehead atoms. The summed E-state index contributed by atoms with van der Waals surface area (Å²) in [6.07, 6.45) is 0. The molecule has 0 radical (unpaired) electrons. The largest absolute Gasteiger partial charge is 0.497 e. The number of aromatic nitrogens is 3. The Balaban J connectivity index is 1.66. The van der Waals surface area contributed by atoms with Crippen molar-refractivity contribution in [3.8, 4) is 22.9 Å². The molecule has 0 spiro atoms. The number of halogens is 1. The maximum atomic E-state index is 6.34. The lowest BCUT2D eigenvalue weighted by molar-refractivity contribution is 0.389. The number of imidazole rings is 1. The first-order valence-corrected chi connectivity index (χ1v) is 9.13. The van der Waals surface area contributed by atoms with Gasteiger partial charge in [-0.05, 0) is 35.9 Å². The standard InChI is InChI=1S/C21H19ClN4O2/c1-27-15-7-5-6-14(12-15)13-23-18-10-11-19-24-20(21(28-2)26(19)25-18)16-8-3-4-9-17(16)22/h3-12H,13H2,1-2H3,(H,23,25). The number of methoxy groups -OCH3 is 2. The molecule has 0 fully saturated rings. The SMILES string of the molecule is COc1cccc(CNc2ccc3nc(-c4ccccc4Cl)c(OC)n3n2)c1. The molecule has 0 unspecified atom stereocenters. The molecule has 28 heavy (non-hydrogen) atoms. The quantitative estimate of drug-likeness (QED) is 0.514. The van der Waals surface area contributed by atoms with Crippen molar-refractivity contribution in [1.82, 2.24) is 14.6 Å². The smallest absolute Gasteiger partial charge is 0.243 e. The number of rotatable bonds is 6. The number of hydrogen-bond donors (Lipinski definition) is 1. The number of fused-ring (bicyclic) bond motifs is 1. The summed E-state index contributed by atoms with van der Waals surface area (Å²) in [5.74, 6) is 2.06. The van der Waals surface area contributed by atoms with Crippen LogP contribution in [0.25, 0.3) is 16.9 Å². The van der Waals surface area contributed by atoms with Gasteiger partial charge in [0.15, 0.2) is 5.65 Å². The van der Waals surface area contributed by atoms with E-state index in [1.54, 1.807) is 18.7 Å². The van der Waals surface area contributed by atoms with Crippen LogP contribution in [0.1, 0.15) is 5.56 Å². The first kappa shape index (κ1) is 18.1. The van der Waals surface area contributed by atoms with Gasteiger partial charge in [0.05, 0.1) is 19.2 Å². The van der Waals surface area contributed by atoms with Crippen LogP contribution < -0.4 is 14.8 Å². The topological polar surface area (TPSA) is 60.7 Å². The fraction of sp³-hybridized carbons (Fsp3) is 0.143. The molecule has 0 aliphatic heterocycles. The highest BCUT2D eigenvalue weighted by Crippen LogP contribution is 2.34. The molecule has 0 saturated carbocycles. The number of hydrogen-bond acceptors (Lipinski definition) is 5. The van der Waals surface area contributed by atoms with E-state index in [1.807, 2.05) is 60.7 Å². The number of benzene rings is 2. The van der Waals surface area contributed by atoms with Gasteiger partial charge < -0.3 is 14.8 Å². The third kappa shape index (κ3) is 3.46. The van der Waals surface area contributed by atoms with Crippen molar-refractivity contribution >= 4 is 23.1 Å². The molecule has 1 N–H and O–H groups in total. The first-order chi connectivity index (χ1) is 13.7. The fourth-order valence-electron chi connectivity index (χ4n) is 2.99. The Bertz CT molecular complexity index is 1130. The Morgan fingerprint density at radius 1 is 1.00 bits per heavy atom. The summed E-state index contributed by atoms with van der Waals surface area (Å²) in [4.78, 5) is 4.64. The molecule has 142 valence electrons. The second-order valence-corrected chi connectivity index (χ2v) is 6.55. The highest BCUT2D eigenvalue weighted by molar-refractivity contribution is 6.33. The lowest BCUT2D eigenvalue weighted by atomic mass is 10.1. The van der Waals surface area contributed by atoms with E-state index in [-0.39, 0.29) is 0 Å². The normalized spacial score (nSPS) is 10.8. The number of nitrogens with zero attached hydrogens (tertiary/aromatic N) is 3. The molecule has 0 atom stereocenters. The summed E-state index contributed by atoms with van der Waals surface area (Å²) in [5.41, 5.74) is 3.23. The van der Waals surface area contributed by atoms with Gasteiger partial charge in [0.2, 0.25) is 5.88 Å². The lowest BCUT2D eigenvalue weighted by Crippen LogP contribution is -2.05. The van der Waals surface area contributed by atoms with E-state index in [2.05, 4.69) is 15.4 Å². The summed E-state index contributed by atoms with van der Waals surface area (Å²) in [6.45, 7) is 0.615. The van der Waals surface area contributed by atoms with Crippen LogP contribution in [0.3, 0.4) is 0 Å². The lowest BCUT2D eigenvalue weighted by Gasteiger charge is -2.08. The van der Waals surface area contributed by atoms with Gasteiger partial charge in [-0.25, -0.2) is 4.98 Å². The number of anilines is 1. The molecule has 0 saturated heterocycles. The van der Waals surface area contributed by atoms with Crippen molar-refractivity contribution in [3.05, 3.63) is 71.2 Å². The molecular formula is C21H19ClN4O2. The van der Waals surface area contributed by atoms with Gasteiger partial charge in [0.1, 0.15) is 17.3 Å². The Hall–Kier alpha value is -3.25. The van der Waals surface area contributed by atoms with Gasteiger partial charge in [-0.2, -0.15) is 4.52 Å². The summed E-state index contributed by atoms with van der Waals surface area (Å²) in [5, 5.41) is 8.55. The van der Waals surface area contributed by atoms with Gasteiger partial charge >= 0.3 is 0 Å². The van der Waals surface area contributed by atoms with Gasteiger partial charge in [0.25, 0.3) is 0 Å². The molecule has 2 heterocycles. The van der Waals surface area contributed by atoms with Crippen molar-refractivity contribution in [2.75, 3.05) is 19.5 Å². The van der Waals surface area contributed by atoms with Crippen molar-refractivity contribution in [2.45, 2.75) is 6.54 Å². The molecule has 2 aromatic carbocycles. The molecule has 2 aromatic heterocycles. The minimum atomic E-state index is 0.535. The van der Waals surface area contributed by atoms with E-state index >= 15 is 0 Å². The first-order valence-electron chi connectivity index (χ1n) is 8.75. The molecule has 0 amide bonds. The van der Waals surface area contributed by atoms with E-state index in [0.717, 1.165) is 16.9 Å². The van der Waals surface area contributed by atoms with E-state index in [0.29, 0.717) is 34.6 Å². The summed E-state index contributed by atoms with van der Waals surface area (Å²) in [6, 6.07) is 19.2. The van der Waals surface area contributed by atoms with Crippen LogP contribution in [0.15, 0.2) is 60.7 Å². The average Bonchev–Trinajstić information content (AvgIpc) is 3.10. The molecule has 0 aliphatic rings. The maximum Gasteiger partial charge on any atom is 0.243 e. The van der Waals surface area contributed by atoms with E-state index in [9.17, 15) is 0 Å². The zero-order valence-electron chi connectivity index (χ0n) is 15.5. The Morgan fingerprint density at radius 2 is 1.86 bits per heavy atom. The molecule has 4 rings (SSSR count). The predicted octanol–water partition coefficient (Wildman–Crippen LogP) is 4.68. The van der Waals surface area contributed by atoms with Gasteiger partial charge in [-0.15, -0.1) is 5.10 Å². The third-order valence-corrected chi connectivity index (χ3v) is 4.70. The van der Waals surface area contributed by atoms with Crippen LogP contribution in [0.5, 0.6) is 11.6 Å². The summed E-state index contributed by atoms with van der Waals surface area (Å²) < 4.78 is 12.5. The van der Waals surface area contributed by atoms with E-state index in [1.165, 1.54) is 0 Å². The van der Waals surface area contributed by atoms with Crippen LogP contribution >= 0.6 is 11.6 Å². The maximum absolute atomic E-state index is 6.34. The molecule has 4 aromatic rings. The number of ether oxygens (including phenoxy) is 2. The summed E-state index contributed by atoms with van der Waals surface area (Å²) >= 11 is 6.34. The predicted molar refractivity (Wildman–Crippen MR) is 110 cm³/mol. The van der Waals surface area contributed by atoms with Gasteiger partial charge in [-0.1, -0.05) is 41.9 Å². The molecule has 7 heteroatoms. The van der Waals surface area contributed by atoms with Crippen LogP contribution in [0.2, 0.25) is 5.02 Å². The minimum absolute atomic E-state index is 0.535. The molecule has 6 nitrogen and oxygen atoms in total. The highest BCUT2D eigenvalue weighted by Gasteiger charge is 2.18. The minimum Gasteiger partial charge on any atom is -0.497 e. The second-order valence-electron chi connectivity index (χ2n) is 6.14. The van der Waals surface area contributed by atoms with Crippen molar-refractivity contribution in [2.24, 2.45) is 0 Å². The Labute approximate surface area is 167 Å². The zero-order valence-corrected chi connectivity index (χ0v) is 16.3. The Morgan fingerprint density at radius 3 is 2.64 bits per heavy atom. The van der Waals surface area contributed by atoms with E-state index in [4.69, 9.17) is 21.1 Å². The van der Waals surface area contributed by atoms with Crippen LogP contribution in [-0.2, 0) is 6.54 Å². The van der Waals surface area contributed by atoms with Crippen LogP contribution in [0, 0.1) is 0 Å². The van der Waals surface area contributed by atoms with Crippen molar-refractivity contribution in [3.63, 3.8) is 0 Å². The van der Waals surface area contributed by atoms with Crippen LogP contribution in [-0.4, -0.2) is 28.8 Å². The highest BCUT2D eigenvalue weighted by atomic mass is 35.5. The van der Waals surface area contributed by atoms with Gasteiger partial charge in [-0.3, -0.25) is 0 Å². The average molecular weight is 395 g/mol. The van der Waals surface area contributed by atoms with Gasteiger partial charge in [0, 0.05) is 12.1 Å². The van der Waals surface area contributed by atoms with Crippen molar-refractivity contribution < 1.29 is 9.47 Å². The third-order valence-electron chi connectivity index (χ3n) is 4.37. The number of nitrogens with one attached hydrogen (secondary N) is 1. The monoisotopic (exact) mass is 394 g/mol. The van der Waals surface area contributed by atoms with E-state index < -0.39 is 0 Å². The molecule has 0 aliphatic carbocycles. The van der Waals surface area contributed by atoms with Crippen LogP contribution in [0.4, 0.5) is 5.82 Å².